The Morgan fingerprint density at radius 3 is 2.09 bits per heavy atom. The second kappa shape index (κ2) is 31.3. The molecule has 0 aliphatic heterocycles. The molecule has 0 heterocycles. The minimum absolute atomic E-state index is 0.0117. The fourth-order valence-corrected chi connectivity index (χ4v) is 7.09. The number of ether oxygens (including phenoxy) is 2. The quantitative estimate of drug-likeness (QED) is 0.0215. The molecule has 0 saturated heterocycles. The number of carbonyl (C=O) groups excluding carboxylic acids is 3. The molecule has 0 aromatic rings. The van der Waals surface area contributed by atoms with Crippen molar-refractivity contribution in [3.05, 3.63) is 24.3 Å². The number of ketones is 1. The molecule has 53 heavy (non-hydrogen) atoms. The van der Waals surface area contributed by atoms with Gasteiger partial charge in [-0.05, 0) is 32.1 Å². The first-order valence-corrected chi connectivity index (χ1v) is 21.9. The zero-order chi connectivity index (χ0) is 39.2. The van der Waals surface area contributed by atoms with E-state index in [0.717, 1.165) is 38.5 Å². The number of rotatable bonds is 34. The first kappa shape index (κ1) is 49.1. The van der Waals surface area contributed by atoms with Crippen LogP contribution in [-0.2, 0) is 37.5 Å². The first-order valence-electron chi connectivity index (χ1n) is 20.4. The van der Waals surface area contributed by atoms with Crippen LogP contribution in [0.2, 0.25) is 0 Å². The highest BCUT2D eigenvalue weighted by Crippen LogP contribution is 2.43. The summed E-state index contributed by atoms with van der Waals surface area (Å²) in [5.74, 6) is -1.78. The van der Waals surface area contributed by atoms with Crippen LogP contribution >= 0.6 is 7.82 Å². The third-order valence-electron chi connectivity index (χ3n) is 9.47. The maximum atomic E-state index is 12.6. The average Bonchev–Trinajstić information content (AvgIpc) is 3.40. The van der Waals surface area contributed by atoms with Crippen LogP contribution < -0.4 is 5.73 Å². The summed E-state index contributed by atoms with van der Waals surface area (Å²) in [6.45, 7) is 3.30. The number of phosphoric ester groups is 1. The van der Waals surface area contributed by atoms with Crippen molar-refractivity contribution in [1.82, 2.24) is 0 Å². The Balaban J connectivity index is 2.46. The van der Waals surface area contributed by atoms with E-state index in [2.05, 4.69) is 13.8 Å². The number of hydrogen-bond donors (Lipinski definition) is 4. The SMILES string of the molecule is CCCCCCCCCCCCCCC(=O)OC[C@H](COP(=O)(O)OCCN)OC(=O)CCC/C=C\C[C@H]1[C@@H](O)CC(=O)[C@@H]1/C=C/[C@@H](O)CCCCC. The van der Waals surface area contributed by atoms with E-state index >= 15 is 0 Å². The fourth-order valence-electron chi connectivity index (χ4n) is 6.32. The first-order chi connectivity index (χ1) is 25.5. The van der Waals surface area contributed by atoms with Gasteiger partial charge in [-0.1, -0.05) is 128 Å². The van der Waals surface area contributed by atoms with Crippen molar-refractivity contribution in [3.8, 4) is 0 Å². The molecule has 5 N–H and O–H groups in total. The maximum Gasteiger partial charge on any atom is 0.472 e. The molecule has 0 amide bonds. The number of esters is 2. The van der Waals surface area contributed by atoms with Gasteiger partial charge < -0.3 is 30.3 Å². The lowest BCUT2D eigenvalue weighted by Gasteiger charge is -2.19. The zero-order valence-electron chi connectivity index (χ0n) is 32.7. The summed E-state index contributed by atoms with van der Waals surface area (Å²) in [5.41, 5.74) is 5.33. The van der Waals surface area contributed by atoms with Gasteiger partial charge in [0.25, 0.3) is 0 Å². The molecule has 1 unspecified atom stereocenters. The molecule has 12 nitrogen and oxygen atoms in total. The molecule has 1 aliphatic carbocycles. The lowest BCUT2D eigenvalue weighted by molar-refractivity contribution is -0.161. The van der Waals surface area contributed by atoms with Crippen molar-refractivity contribution in [3.63, 3.8) is 0 Å². The van der Waals surface area contributed by atoms with Gasteiger partial charge in [0.15, 0.2) is 6.10 Å². The van der Waals surface area contributed by atoms with Gasteiger partial charge in [-0.25, -0.2) is 4.57 Å². The third-order valence-corrected chi connectivity index (χ3v) is 10.5. The van der Waals surface area contributed by atoms with Gasteiger partial charge in [0.05, 0.1) is 25.4 Å². The van der Waals surface area contributed by atoms with Crippen LogP contribution in [0.5, 0.6) is 0 Å². The molecular weight excluding hydrogens is 701 g/mol. The van der Waals surface area contributed by atoms with E-state index in [9.17, 15) is 34.1 Å². The van der Waals surface area contributed by atoms with Gasteiger partial charge in [-0.3, -0.25) is 23.4 Å². The van der Waals surface area contributed by atoms with E-state index in [1.165, 1.54) is 51.4 Å². The number of phosphoric acid groups is 1. The lowest BCUT2D eigenvalue weighted by Crippen LogP contribution is -2.29. The molecular formula is C40H72NO11P. The monoisotopic (exact) mass is 773 g/mol. The predicted molar refractivity (Wildman–Crippen MR) is 207 cm³/mol. The normalized spacial score (nSPS) is 19.9. The van der Waals surface area contributed by atoms with Crippen LogP contribution in [0.4, 0.5) is 0 Å². The summed E-state index contributed by atoms with van der Waals surface area (Å²) >= 11 is 0. The van der Waals surface area contributed by atoms with Gasteiger partial charge in [0, 0.05) is 37.6 Å². The van der Waals surface area contributed by atoms with E-state index in [1.54, 1.807) is 12.2 Å². The molecule has 0 aromatic carbocycles. The Bertz CT molecular complexity index is 1080. The van der Waals surface area contributed by atoms with Gasteiger partial charge >= 0.3 is 19.8 Å². The van der Waals surface area contributed by atoms with Gasteiger partial charge in [-0.15, -0.1) is 0 Å². The number of aliphatic hydroxyl groups excluding tert-OH is 2. The van der Waals surface area contributed by atoms with Crippen LogP contribution in [0.3, 0.4) is 0 Å². The van der Waals surface area contributed by atoms with E-state index in [0.29, 0.717) is 32.1 Å². The van der Waals surface area contributed by atoms with Crippen molar-refractivity contribution in [2.24, 2.45) is 17.6 Å². The maximum absolute atomic E-state index is 12.6. The largest absolute Gasteiger partial charge is 0.472 e. The van der Waals surface area contributed by atoms with E-state index in [1.807, 2.05) is 12.2 Å². The van der Waals surface area contributed by atoms with E-state index < -0.39 is 50.6 Å². The van der Waals surface area contributed by atoms with Crippen molar-refractivity contribution in [2.45, 2.75) is 173 Å². The van der Waals surface area contributed by atoms with Crippen LogP contribution in [-0.4, -0.2) is 77.5 Å². The highest BCUT2D eigenvalue weighted by Gasteiger charge is 2.39. The van der Waals surface area contributed by atoms with Crippen molar-refractivity contribution >= 4 is 25.5 Å². The van der Waals surface area contributed by atoms with Gasteiger partial charge in [0.2, 0.25) is 0 Å². The smallest absolute Gasteiger partial charge is 0.462 e. The van der Waals surface area contributed by atoms with Crippen molar-refractivity contribution in [1.29, 1.82) is 0 Å². The Hall–Kier alpha value is -1.92. The number of aliphatic hydroxyl groups is 2. The van der Waals surface area contributed by atoms with E-state index in [-0.39, 0.29) is 50.7 Å². The van der Waals surface area contributed by atoms with Crippen LogP contribution in [0, 0.1) is 11.8 Å². The lowest BCUT2D eigenvalue weighted by atomic mass is 9.90. The highest BCUT2D eigenvalue weighted by atomic mass is 31.2. The molecule has 0 radical (unpaired) electrons. The van der Waals surface area contributed by atoms with E-state index in [4.69, 9.17) is 24.3 Å². The minimum atomic E-state index is -4.44. The summed E-state index contributed by atoms with van der Waals surface area (Å²) in [6, 6.07) is 0. The molecule has 13 heteroatoms. The molecule has 0 spiro atoms. The van der Waals surface area contributed by atoms with Gasteiger partial charge in [-0.2, -0.15) is 0 Å². The topological polar surface area (TPSA) is 192 Å². The summed E-state index contributed by atoms with van der Waals surface area (Å²) in [7, 11) is -4.44. The zero-order valence-corrected chi connectivity index (χ0v) is 33.6. The second-order valence-corrected chi connectivity index (χ2v) is 15.7. The molecule has 1 fully saturated rings. The summed E-state index contributed by atoms with van der Waals surface area (Å²) < 4.78 is 32.6. The summed E-state index contributed by atoms with van der Waals surface area (Å²) in [4.78, 5) is 47.4. The molecule has 0 aromatic heterocycles. The van der Waals surface area contributed by atoms with Gasteiger partial charge in [0.1, 0.15) is 12.4 Å². The number of Topliss-reactive ketones (excluding diaryl/α,β-unsaturated/α-hetero) is 1. The summed E-state index contributed by atoms with van der Waals surface area (Å²) in [5, 5.41) is 20.7. The van der Waals surface area contributed by atoms with Crippen LogP contribution in [0.15, 0.2) is 24.3 Å². The number of unbranched alkanes of at least 4 members (excludes halogenated alkanes) is 14. The number of allylic oxidation sites excluding steroid dienone is 3. The minimum Gasteiger partial charge on any atom is -0.462 e. The Labute approximate surface area is 319 Å². The molecule has 1 saturated carbocycles. The number of nitrogens with two attached hydrogens (primary N) is 1. The van der Waals surface area contributed by atoms with Crippen molar-refractivity contribution < 1.29 is 52.6 Å². The van der Waals surface area contributed by atoms with Crippen molar-refractivity contribution in [2.75, 3.05) is 26.4 Å². The molecule has 308 valence electrons. The highest BCUT2D eigenvalue weighted by molar-refractivity contribution is 7.47. The number of hydrogen-bond acceptors (Lipinski definition) is 11. The molecule has 1 rings (SSSR count). The molecule has 1 aliphatic rings. The third kappa shape index (κ3) is 25.7. The summed E-state index contributed by atoms with van der Waals surface area (Å²) in [6.07, 6.45) is 24.3. The average molecular weight is 774 g/mol. The standard InChI is InChI=1S/C40H72NO11P/c1-3-5-7-8-9-10-11-12-13-14-15-20-24-39(45)49-31-34(32-51-53(47,48)50-29-28-41)52-40(46)25-21-17-16-19-23-35-36(38(44)30-37(35)43)27-26-33(42)22-18-6-4-2/h16,19,26-27,33-37,42-43H,3-15,17-18,20-25,28-32,41H2,1-2H3,(H,47,48)/b19-16-,27-26+/t33-,34+,35+,36+,37-/m0/s1. The molecule has 0 bridgehead atoms. The fraction of sp³-hybridized carbons (Fsp3) is 0.825. The Morgan fingerprint density at radius 1 is 0.849 bits per heavy atom. The number of carbonyl (C=O) groups is 3. The van der Waals surface area contributed by atoms with Crippen LogP contribution in [0.1, 0.15) is 155 Å². The second-order valence-electron chi connectivity index (χ2n) is 14.3. The van der Waals surface area contributed by atoms with Crippen LogP contribution in [0.25, 0.3) is 0 Å². The molecule has 6 atom stereocenters. The predicted octanol–water partition coefficient (Wildman–Crippen LogP) is 7.81. The Morgan fingerprint density at radius 2 is 1.45 bits per heavy atom. The Kier molecular flexibility index (Phi) is 29.0.